The van der Waals surface area contributed by atoms with E-state index in [4.69, 9.17) is 15.0 Å². The van der Waals surface area contributed by atoms with Crippen LogP contribution >= 0.6 is 0 Å². The Bertz CT molecular complexity index is 1010. The maximum atomic E-state index is 14.0. The van der Waals surface area contributed by atoms with E-state index in [1.165, 1.54) is 6.07 Å². The summed E-state index contributed by atoms with van der Waals surface area (Å²) in [5, 5.41) is 4.13. The highest BCUT2D eigenvalue weighted by Crippen LogP contribution is 2.27. The van der Waals surface area contributed by atoms with Gasteiger partial charge in [-0.15, -0.1) is 0 Å². The van der Waals surface area contributed by atoms with Crippen LogP contribution in [0.4, 0.5) is 10.3 Å². The molecule has 1 aromatic heterocycles. The largest absolute Gasteiger partial charge is 0.378 e. The first-order valence-electron chi connectivity index (χ1n) is 10.1. The van der Waals surface area contributed by atoms with Crippen LogP contribution in [0.15, 0.2) is 64.1 Å². The molecule has 0 radical (unpaired) electrons. The van der Waals surface area contributed by atoms with Gasteiger partial charge in [0.25, 0.3) is 5.88 Å². The van der Waals surface area contributed by atoms with Crippen molar-refractivity contribution in [2.24, 2.45) is 10.7 Å². The van der Waals surface area contributed by atoms with Crippen molar-refractivity contribution in [2.75, 3.05) is 26.3 Å². The van der Waals surface area contributed by atoms with Crippen molar-refractivity contribution < 1.29 is 13.7 Å². The number of morpholine rings is 1. The Labute approximate surface area is 175 Å². The van der Waals surface area contributed by atoms with E-state index in [9.17, 15) is 4.39 Å². The van der Waals surface area contributed by atoms with Gasteiger partial charge in [-0.2, -0.15) is 4.99 Å². The second-order valence-corrected chi connectivity index (χ2v) is 7.43. The lowest BCUT2D eigenvalue weighted by Crippen LogP contribution is -2.44. The van der Waals surface area contributed by atoms with Gasteiger partial charge in [-0.3, -0.25) is 0 Å². The SMILES string of the molecule is CC(Cc1cc(N=C(N)N2CCOCC2)on1)c1ccc(-c2ccccc2F)cc1. The van der Waals surface area contributed by atoms with Gasteiger partial charge in [-0.1, -0.05) is 54.5 Å². The molecule has 2 aromatic carbocycles. The summed E-state index contributed by atoms with van der Waals surface area (Å²) in [4.78, 5) is 6.30. The van der Waals surface area contributed by atoms with Crippen molar-refractivity contribution in [2.45, 2.75) is 19.3 Å². The molecule has 1 aliphatic heterocycles. The molecule has 1 saturated heterocycles. The summed E-state index contributed by atoms with van der Waals surface area (Å²) in [5.41, 5.74) is 9.49. The summed E-state index contributed by atoms with van der Waals surface area (Å²) in [7, 11) is 0. The summed E-state index contributed by atoms with van der Waals surface area (Å²) in [5.74, 6) is 0.817. The first-order valence-corrected chi connectivity index (χ1v) is 10.1. The zero-order chi connectivity index (χ0) is 20.9. The van der Waals surface area contributed by atoms with Crippen molar-refractivity contribution in [1.29, 1.82) is 0 Å². The number of halogens is 1. The van der Waals surface area contributed by atoms with Gasteiger partial charge >= 0.3 is 0 Å². The van der Waals surface area contributed by atoms with Crippen LogP contribution in [0.1, 0.15) is 24.1 Å². The number of hydrogen-bond acceptors (Lipinski definition) is 4. The lowest BCUT2D eigenvalue weighted by atomic mass is 9.94. The Hall–Kier alpha value is -3.19. The number of nitrogens with zero attached hydrogens (tertiary/aromatic N) is 3. The standard InChI is InChI=1S/C23H25FN4O2/c1-16(17-6-8-18(9-7-17)20-4-2-3-5-21(20)24)14-19-15-22(30-27-19)26-23(25)28-10-12-29-13-11-28/h2-9,15-16H,10-14H2,1H3,(H2,25,26). The molecule has 1 fully saturated rings. The molecule has 4 rings (SSSR count). The van der Waals surface area contributed by atoms with Crippen LogP contribution in [-0.4, -0.2) is 42.3 Å². The summed E-state index contributed by atoms with van der Waals surface area (Å²) < 4.78 is 24.6. The number of hydrogen-bond donors (Lipinski definition) is 1. The summed E-state index contributed by atoms with van der Waals surface area (Å²) in [6.07, 6.45) is 0.704. The van der Waals surface area contributed by atoms with Crippen LogP contribution < -0.4 is 5.73 Å². The van der Waals surface area contributed by atoms with Crippen LogP contribution in [0.2, 0.25) is 0 Å². The van der Waals surface area contributed by atoms with E-state index < -0.39 is 0 Å². The molecule has 7 heteroatoms. The molecule has 6 nitrogen and oxygen atoms in total. The van der Waals surface area contributed by atoms with Crippen LogP contribution in [-0.2, 0) is 11.2 Å². The van der Waals surface area contributed by atoms with Crippen LogP contribution in [0.3, 0.4) is 0 Å². The molecule has 2 N–H and O–H groups in total. The normalized spacial score (nSPS) is 15.9. The van der Waals surface area contributed by atoms with Crippen molar-refractivity contribution in [3.63, 3.8) is 0 Å². The predicted molar refractivity (Wildman–Crippen MR) is 114 cm³/mol. The second-order valence-electron chi connectivity index (χ2n) is 7.43. The van der Waals surface area contributed by atoms with E-state index >= 15 is 0 Å². The minimum atomic E-state index is -0.217. The monoisotopic (exact) mass is 408 g/mol. The highest BCUT2D eigenvalue weighted by atomic mass is 19.1. The maximum absolute atomic E-state index is 14.0. The smallest absolute Gasteiger partial charge is 0.253 e. The number of benzene rings is 2. The predicted octanol–water partition coefficient (Wildman–Crippen LogP) is 4.11. The van der Waals surface area contributed by atoms with Crippen LogP contribution in [0.25, 0.3) is 11.1 Å². The van der Waals surface area contributed by atoms with Gasteiger partial charge in [0.05, 0.1) is 18.9 Å². The fourth-order valence-corrected chi connectivity index (χ4v) is 3.54. The number of aliphatic imine (C=N–C) groups is 1. The molecule has 1 aliphatic rings. The average molecular weight is 408 g/mol. The van der Waals surface area contributed by atoms with E-state index in [1.807, 2.05) is 41.3 Å². The molecule has 0 aliphatic carbocycles. The zero-order valence-electron chi connectivity index (χ0n) is 16.9. The Morgan fingerprint density at radius 2 is 1.90 bits per heavy atom. The average Bonchev–Trinajstić information content (AvgIpc) is 3.21. The molecular weight excluding hydrogens is 383 g/mol. The van der Waals surface area contributed by atoms with Gasteiger partial charge in [0.1, 0.15) is 5.82 Å². The molecular formula is C23H25FN4O2. The lowest BCUT2D eigenvalue weighted by molar-refractivity contribution is 0.0675. The fourth-order valence-electron chi connectivity index (χ4n) is 3.54. The van der Waals surface area contributed by atoms with E-state index in [0.29, 0.717) is 37.0 Å². The minimum Gasteiger partial charge on any atom is -0.378 e. The Morgan fingerprint density at radius 1 is 1.17 bits per heavy atom. The molecule has 3 aromatic rings. The molecule has 1 atom stereocenters. The van der Waals surface area contributed by atoms with Gasteiger partial charge in [-0.05, 0) is 29.5 Å². The summed E-state index contributed by atoms with van der Waals surface area (Å²) >= 11 is 0. The van der Waals surface area contributed by atoms with Gasteiger partial charge in [0, 0.05) is 24.7 Å². The third-order valence-corrected chi connectivity index (χ3v) is 5.29. The Balaban J connectivity index is 1.40. The number of nitrogens with two attached hydrogens (primary N) is 1. The highest BCUT2D eigenvalue weighted by Gasteiger charge is 2.15. The van der Waals surface area contributed by atoms with E-state index in [0.717, 1.165) is 29.9 Å². The fraction of sp³-hybridized carbons (Fsp3) is 0.304. The molecule has 0 spiro atoms. The zero-order valence-corrected chi connectivity index (χ0v) is 16.9. The molecule has 0 saturated carbocycles. The van der Waals surface area contributed by atoms with Crippen molar-refractivity contribution >= 4 is 11.8 Å². The van der Waals surface area contributed by atoms with Crippen LogP contribution in [0, 0.1) is 5.82 Å². The van der Waals surface area contributed by atoms with Crippen LogP contribution in [0.5, 0.6) is 0 Å². The minimum absolute atomic E-state index is 0.217. The number of aromatic nitrogens is 1. The number of rotatable bonds is 5. The van der Waals surface area contributed by atoms with E-state index in [1.54, 1.807) is 12.1 Å². The van der Waals surface area contributed by atoms with Gasteiger partial charge in [0.2, 0.25) is 0 Å². The molecule has 156 valence electrons. The second kappa shape index (κ2) is 9.09. The number of guanidine groups is 1. The topological polar surface area (TPSA) is 76.9 Å². The first-order chi connectivity index (χ1) is 14.6. The molecule has 0 bridgehead atoms. The van der Waals surface area contributed by atoms with E-state index in [-0.39, 0.29) is 11.7 Å². The van der Waals surface area contributed by atoms with Crippen molar-refractivity contribution in [1.82, 2.24) is 10.1 Å². The number of ether oxygens (including phenoxy) is 1. The first kappa shape index (κ1) is 20.1. The summed E-state index contributed by atoms with van der Waals surface area (Å²) in [6, 6.07) is 16.6. The van der Waals surface area contributed by atoms with Gasteiger partial charge in [0.15, 0.2) is 5.96 Å². The third-order valence-electron chi connectivity index (χ3n) is 5.29. The quantitative estimate of drug-likeness (QED) is 0.508. The molecule has 30 heavy (non-hydrogen) atoms. The Kier molecular flexibility index (Phi) is 6.09. The molecule has 2 heterocycles. The highest BCUT2D eigenvalue weighted by molar-refractivity contribution is 5.80. The molecule has 1 unspecified atom stereocenters. The van der Waals surface area contributed by atoms with Crippen molar-refractivity contribution in [3.8, 4) is 11.1 Å². The van der Waals surface area contributed by atoms with Gasteiger partial charge < -0.3 is 19.9 Å². The maximum Gasteiger partial charge on any atom is 0.253 e. The van der Waals surface area contributed by atoms with Crippen molar-refractivity contribution in [3.05, 3.63) is 71.7 Å². The Morgan fingerprint density at radius 3 is 2.63 bits per heavy atom. The summed E-state index contributed by atoms with van der Waals surface area (Å²) in [6.45, 7) is 4.85. The van der Waals surface area contributed by atoms with Gasteiger partial charge in [-0.25, -0.2) is 4.39 Å². The lowest BCUT2D eigenvalue weighted by Gasteiger charge is -2.27. The molecule has 0 amide bonds. The third kappa shape index (κ3) is 4.68. The van der Waals surface area contributed by atoms with E-state index in [2.05, 4.69) is 17.1 Å².